The maximum atomic E-state index is 13.4. The van der Waals surface area contributed by atoms with Crippen molar-refractivity contribution in [2.24, 2.45) is 0 Å². The summed E-state index contributed by atoms with van der Waals surface area (Å²) in [6.07, 6.45) is 5.85. The van der Waals surface area contributed by atoms with Gasteiger partial charge in [-0.15, -0.1) is 0 Å². The molecule has 1 aliphatic heterocycles. The highest BCUT2D eigenvalue weighted by Gasteiger charge is 2.33. The van der Waals surface area contributed by atoms with Crippen molar-refractivity contribution < 1.29 is 18.7 Å². The number of unbranched alkanes of at least 4 members (excludes halogenated alkanes) is 3. The number of nitrogens with zero attached hydrogens (tertiary/aromatic N) is 1. The van der Waals surface area contributed by atoms with E-state index in [1.807, 2.05) is 54.6 Å². The van der Waals surface area contributed by atoms with E-state index in [1.165, 1.54) is 12.8 Å². The van der Waals surface area contributed by atoms with Crippen molar-refractivity contribution in [3.8, 4) is 11.5 Å². The van der Waals surface area contributed by atoms with Crippen LogP contribution in [0.2, 0.25) is 0 Å². The lowest BCUT2D eigenvalue weighted by Gasteiger charge is -2.37. The molecule has 0 saturated carbocycles. The number of nitrogens with one attached hydrogen (secondary N) is 1. The van der Waals surface area contributed by atoms with Crippen LogP contribution in [0.4, 0.5) is 5.69 Å². The van der Waals surface area contributed by atoms with Crippen LogP contribution < -0.4 is 14.8 Å². The fourth-order valence-electron chi connectivity index (χ4n) is 3.97. The number of ether oxygens (including phenoxy) is 2. The SMILES string of the molecule is CCCCCCOc1ccc(C2Nc3ccccc3C(=O)N2Cc2ccco2)cc1OC. The molecule has 1 unspecified atom stereocenters. The summed E-state index contributed by atoms with van der Waals surface area (Å²) in [4.78, 5) is 15.1. The molecule has 1 aromatic heterocycles. The first-order valence-corrected chi connectivity index (χ1v) is 11.2. The first-order valence-electron chi connectivity index (χ1n) is 11.2. The third-order valence-electron chi connectivity index (χ3n) is 5.69. The molecular formula is C26H30N2O4. The van der Waals surface area contributed by atoms with Crippen molar-refractivity contribution in [1.29, 1.82) is 0 Å². The monoisotopic (exact) mass is 434 g/mol. The lowest BCUT2D eigenvalue weighted by molar-refractivity contribution is 0.0651. The predicted molar refractivity (Wildman–Crippen MR) is 124 cm³/mol. The van der Waals surface area contributed by atoms with Gasteiger partial charge in [0.1, 0.15) is 11.9 Å². The minimum Gasteiger partial charge on any atom is -0.493 e. The second-order valence-electron chi connectivity index (χ2n) is 7.92. The summed E-state index contributed by atoms with van der Waals surface area (Å²) in [5, 5.41) is 3.51. The van der Waals surface area contributed by atoms with Gasteiger partial charge < -0.3 is 24.1 Å². The van der Waals surface area contributed by atoms with Crippen molar-refractivity contribution in [1.82, 2.24) is 4.90 Å². The van der Waals surface area contributed by atoms with E-state index in [0.717, 1.165) is 29.9 Å². The molecule has 1 N–H and O–H groups in total. The van der Waals surface area contributed by atoms with Crippen molar-refractivity contribution in [2.45, 2.75) is 45.3 Å². The van der Waals surface area contributed by atoms with E-state index < -0.39 is 0 Å². The number of carbonyl (C=O) groups is 1. The van der Waals surface area contributed by atoms with Crippen LogP contribution in [-0.4, -0.2) is 24.5 Å². The number of methoxy groups -OCH3 is 1. The summed E-state index contributed by atoms with van der Waals surface area (Å²) in [6, 6.07) is 17.1. The first-order chi connectivity index (χ1) is 15.7. The molecule has 1 amide bonds. The van der Waals surface area contributed by atoms with E-state index in [0.29, 0.717) is 30.2 Å². The molecule has 0 spiro atoms. The molecule has 1 aliphatic rings. The van der Waals surface area contributed by atoms with Gasteiger partial charge in [0.05, 0.1) is 32.1 Å². The highest BCUT2D eigenvalue weighted by Crippen LogP contribution is 2.37. The zero-order valence-electron chi connectivity index (χ0n) is 18.7. The zero-order valence-corrected chi connectivity index (χ0v) is 18.7. The van der Waals surface area contributed by atoms with Gasteiger partial charge in [-0.1, -0.05) is 44.4 Å². The molecule has 0 saturated heterocycles. The van der Waals surface area contributed by atoms with Crippen LogP contribution >= 0.6 is 0 Å². The van der Waals surface area contributed by atoms with Gasteiger partial charge in [0, 0.05) is 5.69 Å². The van der Waals surface area contributed by atoms with Crippen molar-refractivity contribution in [2.75, 3.05) is 19.0 Å². The van der Waals surface area contributed by atoms with Gasteiger partial charge in [0.15, 0.2) is 11.5 Å². The molecule has 1 atom stereocenters. The Bertz CT molecular complexity index is 1030. The Morgan fingerprint density at radius 1 is 1.03 bits per heavy atom. The van der Waals surface area contributed by atoms with Crippen LogP contribution in [0.5, 0.6) is 11.5 Å². The summed E-state index contributed by atoms with van der Waals surface area (Å²) >= 11 is 0. The Balaban J connectivity index is 1.59. The second-order valence-corrected chi connectivity index (χ2v) is 7.92. The minimum absolute atomic E-state index is 0.0454. The molecule has 0 bridgehead atoms. The molecule has 168 valence electrons. The van der Waals surface area contributed by atoms with E-state index >= 15 is 0 Å². The number of carbonyl (C=O) groups excluding carboxylic acids is 1. The number of benzene rings is 2. The molecule has 2 aromatic carbocycles. The molecule has 6 heteroatoms. The number of fused-ring (bicyclic) bond motifs is 1. The normalized spacial score (nSPS) is 15.2. The van der Waals surface area contributed by atoms with Gasteiger partial charge in [-0.2, -0.15) is 0 Å². The Morgan fingerprint density at radius 2 is 1.91 bits per heavy atom. The van der Waals surface area contributed by atoms with Gasteiger partial charge in [-0.3, -0.25) is 4.79 Å². The highest BCUT2D eigenvalue weighted by atomic mass is 16.5. The fraction of sp³-hybridized carbons (Fsp3) is 0.346. The van der Waals surface area contributed by atoms with E-state index in [1.54, 1.807) is 18.3 Å². The van der Waals surface area contributed by atoms with Gasteiger partial charge in [-0.05, 0) is 48.4 Å². The lowest BCUT2D eigenvalue weighted by atomic mass is 10.0. The molecule has 2 heterocycles. The van der Waals surface area contributed by atoms with Crippen molar-refractivity contribution in [3.63, 3.8) is 0 Å². The summed E-state index contributed by atoms with van der Waals surface area (Å²) in [7, 11) is 1.64. The van der Waals surface area contributed by atoms with Crippen LogP contribution in [0, 0.1) is 0 Å². The van der Waals surface area contributed by atoms with Crippen molar-refractivity contribution in [3.05, 3.63) is 77.7 Å². The Hall–Kier alpha value is -3.41. The standard InChI is InChI=1S/C26H30N2O4/c1-3-4-5-8-15-32-23-14-13-19(17-24(23)30-2)25-27-22-12-7-6-11-21(22)26(29)28(25)18-20-10-9-16-31-20/h6-7,9-14,16-17,25,27H,3-5,8,15,18H2,1-2H3. The lowest BCUT2D eigenvalue weighted by Crippen LogP contribution is -2.42. The van der Waals surface area contributed by atoms with E-state index in [-0.39, 0.29) is 12.1 Å². The number of amides is 1. The summed E-state index contributed by atoms with van der Waals surface area (Å²) < 4.78 is 17.1. The molecule has 32 heavy (non-hydrogen) atoms. The van der Waals surface area contributed by atoms with Crippen LogP contribution in [-0.2, 0) is 6.54 Å². The maximum absolute atomic E-state index is 13.4. The van der Waals surface area contributed by atoms with E-state index in [4.69, 9.17) is 13.9 Å². The molecular weight excluding hydrogens is 404 g/mol. The quantitative estimate of drug-likeness (QED) is 0.396. The number of para-hydroxylation sites is 1. The average Bonchev–Trinajstić information content (AvgIpc) is 3.34. The summed E-state index contributed by atoms with van der Waals surface area (Å²) in [5.74, 6) is 2.05. The number of furan rings is 1. The number of hydrogen-bond donors (Lipinski definition) is 1. The third-order valence-corrected chi connectivity index (χ3v) is 5.69. The molecule has 0 radical (unpaired) electrons. The number of rotatable bonds is 10. The topological polar surface area (TPSA) is 63.9 Å². The largest absolute Gasteiger partial charge is 0.493 e. The number of anilines is 1. The smallest absolute Gasteiger partial charge is 0.258 e. The highest BCUT2D eigenvalue weighted by molar-refractivity contribution is 6.01. The van der Waals surface area contributed by atoms with Gasteiger partial charge in [0.2, 0.25) is 0 Å². The minimum atomic E-state index is -0.366. The third kappa shape index (κ3) is 4.74. The predicted octanol–water partition coefficient (Wildman–Crippen LogP) is 6.01. The fourth-order valence-corrected chi connectivity index (χ4v) is 3.97. The van der Waals surface area contributed by atoms with Gasteiger partial charge in [-0.25, -0.2) is 0 Å². The van der Waals surface area contributed by atoms with Crippen molar-refractivity contribution >= 4 is 11.6 Å². The molecule has 0 fully saturated rings. The Kier molecular flexibility index (Phi) is 7.00. The molecule has 4 rings (SSSR count). The van der Waals surface area contributed by atoms with Gasteiger partial charge in [0.25, 0.3) is 5.91 Å². The first kappa shape index (κ1) is 21.8. The molecule has 3 aromatic rings. The maximum Gasteiger partial charge on any atom is 0.258 e. The zero-order chi connectivity index (χ0) is 22.3. The molecule has 6 nitrogen and oxygen atoms in total. The average molecular weight is 435 g/mol. The van der Waals surface area contributed by atoms with E-state index in [9.17, 15) is 4.79 Å². The summed E-state index contributed by atoms with van der Waals surface area (Å²) in [5.41, 5.74) is 2.37. The van der Waals surface area contributed by atoms with Crippen LogP contribution in [0.1, 0.15) is 60.5 Å². The molecule has 0 aliphatic carbocycles. The Morgan fingerprint density at radius 3 is 2.69 bits per heavy atom. The summed E-state index contributed by atoms with van der Waals surface area (Å²) in [6.45, 7) is 3.21. The van der Waals surface area contributed by atoms with Crippen LogP contribution in [0.3, 0.4) is 0 Å². The second kappa shape index (κ2) is 10.3. The van der Waals surface area contributed by atoms with Gasteiger partial charge >= 0.3 is 0 Å². The van der Waals surface area contributed by atoms with Crippen LogP contribution in [0.25, 0.3) is 0 Å². The Labute approximate surface area is 189 Å². The van der Waals surface area contributed by atoms with E-state index in [2.05, 4.69) is 12.2 Å². The van der Waals surface area contributed by atoms with Crippen LogP contribution in [0.15, 0.2) is 65.3 Å². The number of hydrogen-bond acceptors (Lipinski definition) is 5.